The van der Waals surface area contributed by atoms with Crippen molar-refractivity contribution in [2.75, 3.05) is 26.0 Å². The van der Waals surface area contributed by atoms with Crippen LogP contribution in [0, 0.1) is 0 Å². The van der Waals surface area contributed by atoms with Crippen LogP contribution in [-0.4, -0.2) is 36.5 Å². The molecule has 1 aromatic carbocycles. The minimum absolute atomic E-state index is 0.0356. The van der Waals surface area contributed by atoms with E-state index >= 15 is 0 Å². The summed E-state index contributed by atoms with van der Waals surface area (Å²) in [5.41, 5.74) is 2.31. The zero-order valence-electron chi connectivity index (χ0n) is 16.6. The van der Waals surface area contributed by atoms with Crippen molar-refractivity contribution >= 4 is 38.3 Å². The molecule has 1 aromatic heterocycles. The van der Waals surface area contributed by atoms with E-state index in [-0.39, 0.29) is 11.3 Å². The number of amides is 1. The summed E-state index contributed by atoms with van der Waals surface area (Å²) in [6, 6.07) is 6.16. The predicted octanol–water partition coefficient (Wildman–Crippen LogP) is 5.06. The van der Waals surface area contributed by atoms with Crippen molar-refractivity contribution in [3.8, 4) is 5.75 Å². The standard InChI is InChI=1S/C20H28BrN3O2S/c1-20(2,3)14-8-9-17(16(21)11-14)26-10-6-7-18(25)23-19-22-15(13-27-19)12-24(4)5/h8-9,11,13H,6-7,10,12H2,1-5H3,(H,22,23,25). The van der Waals surface area contributed by atoms with Crippen LogP contribution in [0.25, 0.3) is 0 Å². The van der Waals surface area contributed by atoms with Gasteiger partial charge in [-0.15, -0.1) is 11.3 Å². The number of carbonyl (C=O) groups excluding carboxylic acids is 1. The van der Waals surface area contributed by atoms with Crippen molar-refractivity contribution in [2.24, 2.45) is 0 Å². The van der Waals surface area contributed by atoms with Crippen molar-refractivity contribution in [3.63, 3.8) is 0 Å². The first-order valence-electron chi connectivity index (χ1n) is 8.97. The monoisotopic (exact) mass is 453 g/mol. The van der Waals surface area contributed by atoms with Gasteiger partial charge in [0, 0.05) is 18.3 Å². The topological polar surface area (TPSA) is 54.5 Å². The average molecular weight is 454 g/mol. The molecule has 0 spiro atoms. The van der Waals surface area contributed by atoms with Crippen LogP contribution in [-0.2, 0) is 16.8 Å². The first-order chi connectivity index (χ1) is 12.6. The van der Waals surface area contributed by atoms with Gasteiger partial charge >= 0.3 is 0 Å². The van der Waals surface area contributed by atoms with E-state index in [9.17, 15) is 4.79 Å². The van der Waals surface area contributed by atoms with E-state index in [4.69, 9.17) is 4.74 Å². The van der Waals surface area contributed by atoms with Gasteiger partial charge in [0.25, 0.3) is 0 Å². The van der Waals surface area contributed by atoms with E-state index in [2.05, 4.69) is 59.1 Å². The molecule has 1 heterocycles. The minimum atomic E-state index is -0.0356. The van der Waals surface area contributed by atoms with Crippen LogP contribution < -0.4 is 10.1 Å². The molecule has 0 radical (unpaired) electrons. The average Bonchev–Trinajstić information content (AvgIpc) is 2.97. The van der Waals surface area contributed by atoms with E-state index in [1.165, 1.54) is 16.9 Å². The number of benzene rings is 1. The normalized spacial score (nSPS) is 11.7. The smallest absolute Gasteiger partial charge is 0.226 e. The van der Waals surface area contributed by atoms with E-state index in [0.29, 0.717) is 24.6 Å². The molecule has 148 valence electrons. The van der Waals surface area contributed by atoms with Gasteiger partial charge in [-0.25, -0.2) is 4.98 Å². The number of anilines is 1. The molecule has 27 heavy (non-hydrogen) atoms. The lowest BCUT2D eigenvalue weighted by atomic mass is 9.87. The third-order valence-corrected chi connectivity index (χ3v) is 5.31. The molecule has 7 heteroatoms. The Balaban J connectivity index is 1.75. The van der Waals surface area contributed by atoms with Crippen LogP contribution in [0.5, 0.6) is 5.75 Å². The fourth-order valence-corrected chi connectivity index (χ4v) is 3.65. The lowest BCUT2D eigenvalue weighted by molar-refractivity contribution is -0.116. The summed E-state index contributed by atoms with van der Waals surface area (Å²) < 4.78 is 6.75. The second-order valence-electron chi connectivity index (χ2n) is 7.78. The Hall–Kier alpha value is -1.44. The number of aromatic nitrogens is 1. The van der Waals surface area contributed by atoms with Crippen LogP contribution >= 0.6 is 27.3 Å². The van der Waals surface area contributed by atoms with Gasteiger partial charge < -0.3 is 15.0 Å². The van der Waals surface area contributed by atoms with Gasteiger partial charge in [-0.2, -0.15) is 0 Å². The van der Waals surface area contributed by atoms with Gasteiger partial charge in [-0.05, 0) is 59.6 Å². The Labute approximate surface area is 174 Å². The van der Waals surface area contributed by atoms with Gasteiger partial charge in [0.2, 0.25) is 5.91 Å². The highest BCUT2D eigenvalue weighted by Gasteiger charge is 2.15. The van der Waals surface area contributed by atoms with Crippen molar-refractivity contribution in [1.29, 1.82) is 0 Å². The second kappa shape index (κ2) is 9.66. The Morgan fingerprint density at radius 2 is 2.07 bits per heavy atom. The van der Waals surface area contributed by atoms with Crippen LogP contribution in [0.3, 0.4) is 0 Å². The maximum atomic E-state index is 12.1. The zero-order chi connectivity index (χ0) is 20.0. The molecule has 1 N–H and O–H groups in total. The van der Waals surface area contributed by atoms with Gasteiger partial charge in [-0.3, -0.25) is 4.79 Å². The molecule has 0 atom stereocenters. The number of halogens is 1. The molecule has 0 saturated carbocycles. The summed E-state index contributed by atoms with van der Waals surface area (Å²) in [6.45, 7) is 7.80. The van der Waals surface area contributed by atoms with Crippen molar-refractivity contribution in [3.05, 3.63) is 39.3 Å². The van der Waals surface area contributed by atoms with Crippen LogP contribution in [0.4, 0.5) is 5.13 Å². The summed E-state index contributed by atoms with van der Waals surface area (Å²) in [4.78, 5) is 18.5. The quantitative estimate of drug-likeness (QED) is 0.567. The fourth-order valence-electron chi connectivity index (χ4n) is 2.44. The Morgan fingerprint density at radius 3 is 2.70 bits per heavy atom. The largest absolute Gasteiger partial charge is 0.492 e. The lowest BCUT2D eigenvalue weighted by Crippen LogP contribution is -2.14. The molecule has 0 aliphatic carbocycles. The third kappa shape index (κ3) is 7.24. The maximum absolute atomic E-state index is 12.1. The number of carbonyl (C=O) groups is 1. The highest BCUT2D eigenvalue weighted by atomic mass is 79.9. The zero-order valence-corrected chi connectivity index (χ0v) is 19.0. The van der Waals surface area contributed by atoms with Gasteiger partial charge in [-0.1, -0.05) is 26.8 Å². The maximum Gasteiger partial charge on any atom is 0.226 e. The molecule has 0 fully saturated rings. The van der Waals surface area contributed by atoms with E-state index < -0.39 is 0 Å². The highest BCUT2D eigenvalue weighted by molar-refractivity contribution is 9.10. The first kappa shape index (κ1) is 21.9. The first-order valence-corrected chi connectivity index (χ1v) is 10.6. The number of hydrogen-bond acceptors (Lipinski definition) is 5. The van der Waals surface area contributed by atoms with Crippen LogP contribution in [0.2, 0.25) is 0 Å². The van der Waals surface area contributed by atoms with Gasteiger partial charge in [0.05, 0.1) is 16.8 Å². The molecule has 0 unspecified atom stereocenters. The summed E-state index contributed by atoms with van der Waals surface area (Å²) >= 11 is 5.02. The molecule has 1 amide bonds. The SMILES string of the molecule is CN(C)Cc1csc(NC(=O)CCCOc2ccc(C(C)(C)C)cc2Br)n1. The minimum Gasteiger partial charge on any atom is -0.492 e. The van der Waals surface area contributed by atoms with Crippen molar-refractivity contribution < 1.29 is 9.53 Å². The van der Waals surface area contributed by atoms with E-state index in [1.807, 2.05) is 30.4 Å². The molecule has 5 nitrogen and oxygen atoms in total. The molecule has 2 aromatic rings. The summed E-state index contributed by atoms with van der Waals surface area (Å²) in [5, 5.41) is 5.48. The van der Waals surface area contributed by atoms with E-state index in [1.54, 1.807) is 0 Å². The molecule has 0 aliphatic rings. The van der Waals surface area contributed by atoms with E-state index in [0.717, 1.165) is 22.5 Å². The highest BCUT2D eigenvalue weighted by Crippen LogP contribution is 2.31. The number of nitrogens with zero attached hydrogens (tertiary/aromatic N) is 2. The van der Waals surface area contributed by atoms with Crippen molar-refractivity contribution in [1.82, 2.24) is 9.88 Å². The Bertz CT molecular complexity index is 769. The number of hydrogen-bond donors (Lipinski definition) is 1. The molecule has 0 bridgehead atoms. The van der Waals surface area contributed by atoms with Crippen LogP contribution in [0.1, 0.15) is 44.9 Å². The summed E-state index contributed by atoms with van der Waals surface area (Å²) in [6.07, 6.45) is 1.05. The molecule has 2 rings (SSSR count). The third-order valence-electron chi connectivity index (χ3n) is 3.88. The van der Waals surface area contributed by atoms with Crippen LogP contribution in [0.15, 0.2) is 28.1 Å². The molecular formula is C20H28BrN3O2S. The Morgan fingerprint density at radius 1 is 1.33 bits per heavy atom. The Kier molecular flexibility index (Phi) is 7.82. The number of thiazole rings is 1. The number of nitrogens with one attached hydrogen (secondary N) is 1. The fraction of sp³-hybridized carbons (Fsp3) is 0.500. The van der Waals surface area contributed by atoms with Gasteiger partial charge in [0.1, 0.15) is 5.75 Å². The molecular weight excluding hydrogens is 426 g/mol. The second-order valence-corrected chi connectivity index (χ2v) is 9.49. The lowest BCUT2D eigenvalue weighted by Gasteiger charge is -2.20. The number of rotatable bonds is 8. The predicted molar refractivity (Wildman–Crippen MR) is 116 cm³/mol. The molecule has 0 aliphatic heterocycles. The van der Waals surface area contributed by atoms with Gasteiger partial charge in [0.15, 0.2) is 5.13 Å². The summed E-state index contributed by atoms with van der Waals surface area (Å²) in [7, 11) is 3.99. The summed E-state index contributed by atoms with van der Waals surface area (Å²) in [5.74, 6) is 0.767. The molecule has 0 saturated heterocycles. The van der Waals surface area contributed by atoms with Crippen molar-refractivity contribution in [2.45, 2.75) is 45.6 Å². The number of ether oxygens (including phenoxy) is 1.